The van der Waals surface area contributed by atoms with Crippen molar-refractivity contribution in [1.29, 1.82) is 0 Å². The molecule has 2 aliphatic heterocycles. The molecule has 0 bridgehead atoms. The third kappa shape index (κ3) is 5.10. The number of carboxylic acid groups (broad SMARTS) is 1. The molecule has 0 aliphatic carbocycles. The molecule has 150 valence electrons. The minimum absolute atomic E-state index is 0.242. The number of ether oxygens (including phenoxy) is 1. The summed E-state index contributed by atoms with van der Waals surface area (Å²) in [7, 11) is 0. The first-order valence-corrected chi connectivity index (χ1v) is 8.87. The zero-order chi connectivity index (χ0) is 20.4. The highest BCUT2D eigenvalue weighted by Crippen LogP contribution is 2.30. The van der Waals surface area contributed by atoms with E-state index in [0.717, 1.165) is 11.1 Å². The summed E-state index contributed by atoms with van der Waals surface area (Å²) >= 11 is 6.20. The molecule has 2 N–H and O–H groups in total. The average molecular weight is 403 g/mol. The third-order valence-corrected chi connectivity index (χ3v) is 4.42. The number of carbonyl (C=O) groups excluding carboxylic acids is 1. The minimum atomic E-state index is -1.32. The van der Waals surface area contributed by atoms with Gasteiger partial charge in [0.15, 0.2) is 0 Å². The van der Waals surface area contributed by atoms with Crippen molar-refractivity contribution in [3.05, 3.63) is 32.6 Å². The van der Waals surface area contributed by atoms with E-state index in [1.165, 1.54) is 5.01 Å². The Kier molecular flexibility index (Phi) is 6.32. The monoisotopic (exact) mass is 402 g/mol. The molecule has 0 aromatic carbocycles. The lowest BCUT2D eigenvalue weighted by Gasteiger charge is -2.43. The summed E-state index contributed by atoms with van der Waals surface area (Å²) in [6.45, 7) is 6.10. The van der Waals surface area contributed by atoms with Crippen LogP contribution in [-0.4, -0.2) is 63.4 Å². The Morgan fingerprint density at radius 1 is 1.41 bits per heavy atom. The van der Waals surface area contributed by atoms with Gasteiger partial charge in [0.1, 0.15) is 5.60 Å². The number of amides is 1. The Balaban J connectivity index is 2.46. The minimum Gasteiger partial charge on any atom is -0.478 e. The molecule has 27 heavy (non-hydrogen) atoms. The number of carboxylic acids is 1. The lowest BCUT2D eigenvalue weighted by molar-refractivity contribution is -0.421. The van der Waals surface area contributed by atoms with Gasteiger partial charge in [0.05, 0.1) is 23.1 Å². The molecule has 2 aliphatic rings. The number of allylic oxidation sites excluding steroid dienone is 1. The van der Waals surface area contributed by atoms with E-state index in [9.17, 15) is 24.8 Å². The molecule has 0 spiro atoms. The van der Waals surface area contributed by atoms with E-state index in [1.807, 2.05) is 0 Å². The quantitative estimate of drug-likeness (QED) is 0.415. The van der Waals surface area contributed by atoms with Crippen molar-refractivity contribution in [2.24, 2.45) is 0 Å². The third-order valence-electron chi connectivity index (χ3n) is 4.04. The second-order valence-corrected chi connectivity index (χ2v) is 7.63. The Morgan fingerprint density at radius 3 is 2.48 bits per heavy atom. The first-order chi connectivity index (χ1) is 12.5. The van der Waals surface area contributed by atoms with Gasteiger partial charge in [-0.25, -0.2) is 14.6 Å². The molecule has 0 aromatic rings. The number of hydrogen-bond acceptors (Lipinski definition) is 7. The molecule has 0 saturated carbocycles. The van der Waals surface area contributed by atoms with Crippen LogP contribution in [0, 0.1) is 10.1 Å². The fraction of sp³-hybridized carbons (Fsp3) is 0.625. The Bertz CT molecular complexity index is 694. The predicted octanol–water partition coefficient (Wildman–Crippen LogP) is 1.90. The molecule has 0 unspecified atom stereocenters. The number of nitrogens with zero attached hydrogens (tertiary/aromatic N) is 3. The zero-order valence-electron chi connectivity index (χ0n) is 15.4. The predicted molar refractivity (Wildman–Crippen MR) is 96.3 cm³/mol. The van der Waals surface area contributed by atoms with E-state index in [1.54, 1.807) is 20.8 Å². The van der Waals surface area contributed by atoms with Gasteiger partial charge < -0.3 is 15.2 Å². The second kappa shape index (κ2) is 8.13. The molecule has 1 saturated heterocycles. The first-order valence-electron chi connectivity index (χ1n) is 8.49. The van der Waals surface area contributed by atoms with Gasteiger partial charge in [-0.3, -0.25) is 15.1 Å². The summed E-state index contributed by atoms with van der Waals surface area (Å²) in [6.07, 6.45) is 1.32. The molecule has 0 atom stereocenters. The normalized spacial score (nSPS) is 18.8. The molecule has 2 rings (SSSR count). The van der Waals surface area contributed by atoms with Crippen molar-refractivity contribution in [1.82, 2.24) is 15.3 Å². The van der Waals surface area contributed by atoms with Gasteiger partial charge in [0.2, 0.25) is 5.16 Å². The number of hydrogen-bond donors (Lipinski definition) is 2. The number of aliphatic carboxylic acids is 1. The van der Waals surface area contributed by atoms with Crippen molar-refractivity contribution < 1.29 is 24.4 Å². The largest absolute Gasteiger partial charge is 0.478 e. The van der Waals surface area contributed by atoms with Gasteiger partial charge in [-0.05, 0) is 46.7 Å². The highest BCUT2D eigenvalue weighted by molar-refractivity contribution is 6.29. The summed E-state index contributed by atoms with van der Waals surface area (Å²) in [5.74, 6) is -1.32. The molecule has 0 aromatic heterocycles. The summed E-state index contributed by atoms with van der Waals surface area (Å²) in [4.78, 5) is 34.9. The molecule has 1 amide bonds. The first kappa shape index (κ1) is 21.0. The van der Waals surface area contributed by atoms with E-state index < -0.39 is 28.3 Å². The Hall–Kier alpha value is -2.33. The van der Waals surface area contributed by atoms with Crippen LogP contribution in [0.3, 0.4) is 0 Å². The van der Waals surface area contributed by atoms with Crippen LogP contribution in [0.5, 0.6) is 0 Å². The lowest BCUT2D eigenvalue weighted by atomic mass is 10.1. The van der Waals surface area contributed by atoms with Crippen LogP contribution in [0.25, 0.3) is 0 Å². The number of carbonyl (C=O) groups is 2. The van der Waals surface area contributed by atoms with E-state index in [2.05, 4.69) is 5.32 Å². The number of piperidine rings is 1. The van der Waals surface area contributed by atoms with Crippen molar-refractivity contribution in [2.75, 3.05) is 19.6 Å². The van der Waals surface area contributed by atoms with Crippen LogP contribution in [0.4, 0.5) is 4.79 Å². The molecule has 10 nitrogen and oxygen atoms in total. The van der Waals surface area contributed by atoms with Crippen LogP contribution in [0.1, 0.15) is 33.6 Å². The molecule has 2 heterocycles. The van der Waals surface area contributed by atoms with E-state index in [0.29, 0.717) is 25.9 Å². The van der Waals surface area contributed by atoms with Gasteiger partial charge >= 0.3 is 17.8 Å². The van der Waals surface area contributed by atoms with E-state index >= 15 is 0 Å². The summed E-state index contributed by atoms with van der Waals surface area (Å²) < 4.78 is 5.45. The summed E-state index contributed by atoms with van der Waals surface area (Å²) in [5.41, 5.74) is -1.62. The Morgan fingerprint density at radius 2 is 2.00 bits per heavy atom. The molecule has 11 heteroatoms. The fourth-order valence-electron chi connectivity index (χ4n) is 2.87. The maximum atomic E-state index is 12.9. The van der Waals surface area contributed by atoms with Crippen LogP contribution < -0.4 is 5.32 Å². The van der Waals surface area contributed by atoms with Gasteiger partial charge in [-0.2, -0.15) is 0 Å². The van der Waals surface area contributed by atoms with Crippen molar-refractivity contribution in [3.8, 4) is 0 Å². The average Bonchev–Trinajstić information content (AvgIpc) is 2.55. The van der Waals surface area contributed by atoms with E-state index in [-0.39, 0.29) is 23.3 Å². The Labute approximate surface area is 161 Å². The second-order valence-electron chi connectivity index (χ2n) is 7.27. The molecular formula is C16H23ClN4O6. The van der Waals surface area contributed by atoms with Gasteiger partial charge in [-0.15, -0.1) is 0 Å². The van der Waals surface area contributed by atoms with Crippen LogP contribution >= 0.6 is 11.6 Å². The number of nitro groups is 1. The fourth-order valence-corrected chi connectivity index (χ4v) is 3.13. The molecule has 1 fully saturated rings. The number of hydrazine groups is 1. The van der Waals surface area contributed by atoms with Crippen molar-refractivity contribution in [2.45, 2.75) is 45.3 Å². The summed E-state index contributed by atoms with van der Waals surface area (Å²) in [6, 6.07) is -0.337. The smallest absolute Gasteiger partial charge is 0.429 e. The van der Waals surface area contributed by atoms with Gasteiger partial charge in [0.25, 0.3) is 0 Å². The zero-order valence-corrected chi connectivity index (χ0v) is 16.2. The van der Waals surface area contributed by atoms with Crippen LogP contribution in [0.2, 0.25) is 0 Å². The van der Waals surface area contributed by atoms with Crippen molar-refractivity contribution in [3.63, 3.8) is 0 Å². The topological polar surface area (TPSA) is 125 Å². The van der Waals surface area contributed by atoms with Crippen LogP contribution in [-0.2, 0) is 9.53 Å². The maximum absolute atomic E-state index is 12.9. The van der Waals surface area contributed by atoms with Gasteiger partial charge in [0, 0.05) is 6.08 Å². The van der Waals surface area contributed by atoms with Crippen molar-refractivity contribution >= 4 is 23.7 Å². The standard InChI is InChI=1S/C16H23ClN4O6/c1-16(2,3)27-15(24)20(11-4-6-18-7-5-11)19-9-10(14(22)23)8-12(13(19)17)21(25)26/h8,11,18H,4-7,9H2,1-3H3,(H,22,23). The molecule has 0 radical (unpaired) electrons. The maximum Gasteiger partial charge on any atom is 0.429 e. The molecular weight excluding hydrogens is 380 g/mol. The van der Waals surface area contributed by atoms with Gasteiger partial charge in [-0.1, -0.05) is 11.6 Å². The lowest BCUT2D eigenvalue weighted by Crippen LogP contribution is -2.56. The number of halogens is 1. The summed E-state index contributed by atoms with van der Waals surface area (Å²) in [5, 5.41) is 25.9. The highest BCUT2D eigenvalue weighted by Gasteiger charge is 2.40. The number of rotatable bonds is 4. The SMILES string of the molecule is CC(C)(C)OC(=O)N(C1CCNCC1)N1CC(C(=O)O)=CC([N+](=O)[O-])=C1Cl. The number of nitrogens with one attached hydrogen (secondary N) is 1. The highest BCUT2D eigenvalue weighted by atomic mass is 35.5. The van der Waals surface area contributed by atoms with Crippen LogP contribution in [0.15, 0.2) is 22.5 Å². The van der Waals surface area contributed by atoms with E-state index in [4.69, 9.17) is 16.3 Å².